The molecular formula is C19H16N4OS. The molecule has 0 unspecified atom stereocenters. The van der Waals surface area contributed by atoms with Crippen LogP contribution in [-0.4, -0.2) is 21.6 Å². The molecule has 2 aromatic heterocycles. The number of anilines is 1. The monoisotopic (exact) mass is 348 g/mol. The Morgan fingerprint density at radius 1 is 1.00 bits per heavy atom. The molecule has 0 aliphatic heterocycles. The van der Waals surface area contributed by atoms with E-state index in [-0.39, 0.29) is 5.56 Å². The number of nitrogens with one attached hydrogen (secondary N) is 1. The van der Waals surface area contributed by atoms with Crippen molar-refractivity contribution in [3.63, 3.8) is 0 Å². The molecule has 0 saturated heterocycles. The first-order valence-corrected chi connectivity index (χ1v) is 8.73. The van der Waals surface area contributed by atoms with Crippen LogP contribution in [0.15, 0.2) is 59.4 Å². The Labute approximate surface area is 148 Å². The quantitative estimate of drug-likeness (QED) is 0.611. The van der Waals surface area contributed by atoms with Gasteiger partial charge in [-0.1, -0.05) is 41.7 Å². The third-order valence-corrected chi connectivity index (χ3v) is 5.17. The molecule has 0 atom stereocenters. The van der Waals surface area contributed by atoms with Crippen molar-refractivity contribution in [1.82, 2.24) is 14.5 Å². The Kier molecular flexibility index (Phi) is 3.82. The maximum absolute atomic E-state index is 13.2. The molecule has 1 N–H and O–H groups in total. The molecule has 0 aliphatic carbocycles. The van der Waals surface area contributed by atoms with Crippen LogP contribution >= 0.6 is 11.3 Å². The van der Waals surface area contributed by atoms with Crippen LogP contribution in [0.2, 0.25) is 0 Å². The Morgan fingerprint density at radius 3 is 2.44 bits per heavy atom. The summed E-state index contributed by atoms with van der Waals surface area (Å²) in [5.41, 5.74) is 2.25. The smallest absolute Gasteiger partial charge is 0.266 e. The third kappa shape index (κ3) is 2.60. The Balaban J connectivity index is 2.12. The molecule has 0 radical (unpaired) electrons. The summed E-state index contributed by atoms with van der Waals surface area (Å²) in [5, 5.41) is 4.46. The van der Waals surface area contributed by atoms with Gasteiger partial charge < -0.3 is 5.32 Å². The number of aromatic nitrogens is 3. The van der Waals surface area contributed by atoms with Crippen molar-refractivity contribution in [3.8, 4) is 16.4 Å². The van der Waals surface area contributed by atoms with Crippen LogP contribution in [0.5, 0.6) is 0 Å². The van der Waals surface area contributed by atoms with E-state index in [2.05, 4.69) is 10.3 Å². The Morgan fingerprint density at radius 2 is 1.72 bits per heavy atom. The second-order valence-electron chi connectivity index (χ2n) is 5.61. The van der Waals surface area contributed by atoms with E-state index in [0.717, 1.165) is 21.4 Å². The number of para-hydroxylation sites is 2. The average molecular weight is 348 g/mol. The molecule has 4 rings (SSSR count). The van der Waals surface area contributed by atoms with E-state index in [0.29, 0.717) is 16.7 Å². The van der Waals surface area contributed by atoms with Gasteiger partial charge in [-0.25, -0.2) is 9.97 Å². The molecule has 5 nitrogen and oxygen atoms in total. The summed E-state index contributed by atoms with van der Waals surface area (Å²) in [6.45, 7) is 1.93. The predicted octanol–water partition coefficient (Wildman–Crippen LogP) is 3.86. The lowest BCUT2D eigenvalue weighted by atomic mass is 10.2. The summed E-state index contributed by atoms with van der Waals surface area (Å²) < 4.78 is 1.67. The van der Waals surface area contributed by atoms with E-state index < -0.39 is 0 Å². The fourth-order valence-corrected chi connectivity index (χ4v) is 3.71. The molecule has 0 amide bonds. The van der Waals surface area contributed by atoms with Crippen molar-refractivity contribution < 1.29 is 0 Å². The molecule has 0 spiro atoms. The normalized spacial score (nSPS) is 11.0. The van der Waals surface area contributed by atoms with Gasteiger partial charge in [-0.15, -0.1) is 0 Å². The van der Waals surface area contributed by atoms with Gasteiger partial charge >= 0.3 is 0 Å². The number of hydrogen-bond donors (Lipinski definition) is 1. The first kappa shape index (κ1) is 15.5. The van der Waals surface area contributed by atoms with Gasteiger partial charge in [-0.2, -0.15) is 0 Å². The minimum absolute atomic E-state index is 0.0781. The zero-order valence-electron chi connectivity index (χ0n) is 13.9. The zero-order chi connectivity index (χ0) is 17.4. The third-order valence-electron chi connectivity index (χ3n) is 4.00. The van der Waals surface area contributed by atoms with Crippen molar-refractivity contribution in [2.75, 3.05) is 12.4 Å². The highest BCUT2D eigenvalue weighted by Gasteiger charge is 2.18. The molecule has 2 heterocycles. The summed E-state index contributed by atoms with van der Waals surface area (Å²) in [6, 6.07) is 17.0. The van der Waals surface area contributed by atoms with Crippen molar-refractivity contribution in [1.29, 1.82) is 0 Å². The lowest BCUT2D eigenvalue weighted by Crippen LogP contribution is -2.21. The van der Waals surface area contributed by atoms with Crippen LogP contribution in [0, 0.1) is 6.92 Å². The van der Waals surface area contributed by atoms with E-state index in [1.807, 2.05) is 68.6 Å². The molecule has 25 heavy (non-hydrogen) atoms. The van der Waals surface area contributed by atoms with Crippen LogP contribution in [0.4, 0.5) is 5.13 Å². The van der Waals surface area contributed by atoms with Gasteiger partial charge in [0, 0.05) is 7.05 Å². The van der Waals surface area contributed by atoms with Crippen molar-refractivity contribution in [2.24, 2.45) is 0 Å². The lowest BCUT2D eigenvalue weighted by Gasteiger charge is -2.13. The number of nitrogens with zero attached hydrogens (tertiary/aromatic N) is 3. The SMILES string of the molecule is CNc1nc(C)c(-c2nc3ccccc3c(=O)n2-c2ccccc2)s1. The Hall–Kier alpha value is -2.99. The maximum atomic E-state index is 13.2. The van der Waals surface area contributed by atoms with Crippen molar-refractivity contribution in [3.05, 3.63) is 70.6 Å². The molecule has 0 fully saturated rings. The number of fused-ring (bicyclic) bond motifs is 1. The van der Waals surface area contributed by atoms with E-state index in [1.165, 1.54) is 11.3 Å². The lowest BCUT2D eigenvalue weighted by molar-refractivity contribution is 0.976. The first-order valence-electron chi connectivity index (χ1n) is 7.92. The molecule has 0 aliphatic rings. The van der Waals surface area contributed by atoms with Gasteiger partial charge in [-0.05, 0) is 31.2 Å². The van der Waals surface area contributed by atoms with Gasteiger partial charge in [0.25, 0.3) is 5.56 Å². The maximum Gasteiger partial charge on any atom is 0.266 e. The van der Waals surface area contributed by atoms with E-state index in [4.69, 9.17) is 4.98 Å². The molecule has 2 aromatic carbocycles. The molecule has 4 aromatic rings. The Bertz CT molecular complexity index is 1120. The molecule has 0 saturated carbocycles. The number of hydrogen-bond acceptors (Lipinski definition) is 5. The van der Waals surface area contributed by atoms with Gasteiger partial charge in [0.1, 0.15) is 0 Å². The molecule has 124 valence electrons. The van der Waals surface area contributed by atoms with E-state index in [1.54, 1.807) is 4.57 Å². The summed E-state index contributed by atoms with van der Waals surface area (Å²) in [4.78, 5) is 23.4. The van der Waals surface area contributed by atoms with Crippen molar-refractivity contribution in [2.45, 2.75) is 6.92 Å². The zero-order valence-corrected chi connectivity index (χ0v) is 14.7. The summed E-state index contributed by atoms with van der Waals surface area (Å²) in [7, 11) is 1.83. The molecule has 0 bridgehead atoms. The first-order chi connectivity index (χ1) is 12.2. The topological polar surface area (TPSA) is 59.8 Å². The number of aryl methyl sites for hydroxylation is 1. The van der Waals surface area contributed by atoms with Crippen LogP contribution in [-0.2, 0) is 0 Å². The van der Waals surface area contributed by atoms with Crippen LogP contribution in [0.25, 0.3) is 27.3 Å². The van der Waals surface area contributed by atoms with Gasteiger partial charge in [0.05, 0.1) is 27.2 Å². The highest BCUT2D eigenvalue weighted by Crippen LogP contribution is 2.32. The highest BCUT2D eigenvalue weighted by atomic mass is 32.1. The average Bonchev–Trinajstić information content (AvgIpc) is 3.03. The second kappa shape index (κ2) is 6.14. The second-order valence-corrected chi connectivity index (χ2v) is 6.61. The van der Waals surface area contributed by atoms with Crippen molar-refractivity contribution >= 4 is 27.4 Å². The number of rotatable bonds is 3. The fraction of sp³-hybridized carbons (Fsp3) is 0.105. The summed E-state index contributed by atoms with van der Waals surface area (Å²) in [6.07, 6.45) is 0. The molecular weight excluding hydrogens is 332 g/mol. The number of benzene rings is 2. The van der Waals surface area contributed by atoms with Gasteiger partial charge in [0.15, 0.2) is 11.0 Å². The van der Waals surface area contributed by atoms with E-state index >= 15 is 0 Å². The summed E-state index contributed by atoms with van der Waals surface area (Å²) in [5.74, 6) is 0.617. The van der Waals surface area contributed by atoms with Crippen LogP contribution in [0.1, 0.15) is 5.69 Å². The van der Waals surface area contributed by atoms with Gasteiger partial charge in [0.2, 0.25) is 0 Å². The molecule has 6 heteroatoms. The van der Waals surface area contributed by atoms with Crippen LogP contribution < -0.4 is 10.9 Å². The minimum atomic E-state index is -0.0781. The standard InChI is InChI=1S/C19H16N4OS/c1-12-16(25-19(20-2)21-12)17-22-15-11-7-6-10-14(15)18(24)23(17)13-8-4-3-5-9-13/h3-11H,1-2H3,(H,20,21). The van der Waals surface area contributed by atoms with Crippen LogP contribution in [0.3, 0.4) is 0 Å². The highest BCUT2D eigenvalue weighted by molar-refractivity contribution is 7.19. The van der Waals surface area contributed by atoms with E-state index in [9.17, 15) is 4.79 Å². The largest absolute Gasteiger partial charge is 0.365 e. The fourth-order valence-electron chi connectivity index (χ4n) is 2.81. The summed E-state index contributed by atoms with van der Waals surface area (Å²) >= 11 is 1.49. The minimum Gasteiger partial charge on any atom is -0.365 e. The predicted molar refractivity (Wildman–Crippen MR) is 103 cm³/mol. The number of thiazole rings is 1. The van der Waals surface area contributed by atoms with Gasteiger partial charge in [-0.3, -0.25) is 9.36 Å².